The Morgan fingerprint density at radius 2 is 1.18 bits per heavy atom. The lowest BCUT2D eigenvalue weighted by atomic mass is 10.0. The average Bonchev–Trinajstić information content (AvgIpc) is 3.63. The summed E-state index contributed by atoms with van der Waals surface area (Å²) in [6.07, 6.45) is 0. The van der Waals surface area contributed by atoms with Gasteiger partial charge in [-0.15, -0.1) is 11.3 Å². The quantitative estimate of drug-likeness (QED) is 0.226. The first-order valence-electron chi connectivity index (χ1n) is 13.0. The van der Waals surface area contributed by atoms with Crippen molar-refractivity contribution < 1.29 is 4.42 Å². The van der Waals surface area contributed by atoms with E-state index in [1.807, 2.05) is 84.9 Å². The monoisotopic (exact) mass is 532 g/mol. The fourth-order valence-electron chi connectivity index (χ4n) is 5.07. The smallest absolute Gasteiger partial charge is 0.227 e. The number of oxazole rings is 1. The Bertz CT molecular complexity index is 2080. The van der Waals surface area contributed by atoms with Gasteiger partial charge in [-0.1, -0.05) is 84.9 Å². The molecule has 0 saturated heterocycles. The van der Waals surface area contributed by atoms with Gasteiger partial charge >= 0.3 is 0 Å². The maximum atomic E-state index is 6.10. The molecule has 0 unspecified atom stereocenters. The van der Waals surface area contributed by atoms with E-state index >= 15 is 0 Å². The first kappa shape index (κ1) is 22.8. The highest BCUT2D eigenvalue weighted by atomic mass is 32.1. The average molecular weight is 533 g/mol. The summed E-state index contributed by atoms with van der Waals surface area (Å²) in [5.74, 6) is 2.55. The largest absolute Gasteiger partial charge is 0.436 e. The molecule has 3 aromatic heterocycles. The van der Waals surface area contributed by atoms with Gasteiger partial charge in [0.1, 0.15) is 5.52 Å². The highest BCUT2D eigenvalue weighted by Gasteiger charge is 2.18. The van der Waals surface area contributed by atoms with Gasteiger partial charge in [-0.05, 0) is 36.4 Å². The van der Waals surface area contributed by atoms with Crippen LogP contribution >= 0.6 is 11.3 Å². The van der Waals surface area contributed by atoms with Crippen molar-refractivity contribution in [3.8, 4) is 45.6 Å². The lowest BCUT2D eigenvalue weighted by Crippen LogP contribution is -2.00. The maximum Gasteiger partial charge on any atom is 0.227 e. The third kappa shape index (κ3) is 3.85. The van der Waals surface area contributed by atoms with Gasteiger partial charge in [-0.3, -0.25) is 0 Å². The molecule has 0 radical (unpaired) electrons. The van der Waals surface area contributed by atoms with E-state index in [2.05, 4.69) is 36.4 Å². The standard InChI is InChI=1S/C34H20N4OS/c1-3-10-21(11-4-1)31-36-32(22-12-5-2-6-13-22)38-33(37-31)24-14-9-17-29-30(24)25-20-23(18-19-28(25)40-29)34-35-26-15-7-8-16-27(26)39-34/h1-20H. The summed E-state index contributed by atoms with van der Waals surface area (Å²) >= 11 is 1.76. The Labute approximate surface area is 233 Å². The van der Waals surface area contributed by atoms with Crippen LogP contribution in [0.3, 0.4) is 0 Å². The summed E-state index contributed by atoms with van der Waals surface area (Å²) in [4.78, 5) is 19.6. The van der Waals surface area contributed by atoms with Crippen molar-refractivity contribution in [2.75, 3.05) is 0 Å². The van der Waals surface area contributed by atoms with Crippen LogP contribution in [-0.2, 0) is 0 Å². The Kier molecular flexibility index (Phi) is 5.24. The lowest BCUT2D eigenvalue weighted by molar-refractivity contribution is 0.620. The molecule has 0 amide bonds. The normalized spacial score (nSPS) is 11.5. The van der Waals surface area contributed by atoms with Crippen molar-refractivity contribution in [1.82, 2.24) is 19.9 Å². The molecule has 0 aliphatic carbocycles. The van der Waals surface area contributed by atoms with Crippen molar-refractivity contribution in [2.24, 2.45) is 0 Å². The summed E-state index contributed by atoms with van der Waals surface area (Å²) in [6.45, 7) is 0. The molecule has 5 aromatic carbocycles. The van der Waals surface area contributed by atoms with E-state index in [-0.39, 0.29) is 0 Å². The van der Waals surface area contributed by atoms with Crippen LogP contribution in [0, 0.1) is 0 Å². The van der Waals surface area contributed by atoms with Gasteiger partial charge < -0.3 is 4.42 Å². The second-order valence-electron chi connectivity index (χ2n) is 9.52. The first-order valence-corrected chi connectivity index (χ1v) is 13.8. The van der Waals surface area contributed by atoms with Gasteiger partial charge in [0.15, 0.2) is 23.1 Å². The molecule has 188 valence electrons. The molecular weight excluding hydrogens is 512 g/mol. The molecule has 0 bridgehead atoms. The number of para-hydroxylation sites is 2. The topological polar surface area (TPSA) is 64.7 Å². The lowest BCUT2D eigenvalue weighted by Gasteiger charge is -2.09. The highest BCUT2D eigenvalue weighted by molar-refractivity contribution is 7.25. The van der Waals surface area contributed by atoms with Gasteiger partial charge in [0.2, 0.25) is 5.89 Å². The summed E-state index contributed by atoms with van der Waals surface area (Å²) in [7, 11) is 0. The zero-order valence-electron chi connectivity index (χ0n) is 21.2. The van der Waals surface area contributed by atoms with Crippen molar-refractivity contribution in [3.63, 3.8) is 0 Å². The Morgan fingerprint density at radius 3 is 1.90 bits per heavy atom. The molecule has 0 fully saturated rings. The second-order valence-corrected chi connectivity index (χ2v) is 10.6. The van der Waals surface area contributed by atoms with Crippen molar-refractivity contribution in [3.05, 3.63) is 121 Å². The summed E-state index contributed by atoms with van der Waals surface area (Å²) in [6, 6.07) is 40.7. The van der Waals surface area contributed by atoms with Crippen LogP contribution in [0.4, 0.5) is 0 Å². The maximum absolute atomic E-state index is 6.10. The molecular formula is C34H20N4OS. The number of aromatic nitrogens is 4. The molecule has 0 N–H and O–H groups in total. The number of hydrogen-bond acceptors (Lipinski definition) is 6. The van der Waals surface area contributed by atoms with Crippen LogP contribution in [0.15, 0.2) is 126 Å². The minimum Gasteiger partial charge on any atom is -0.436 e. The fourth-order valence-corrected chi connectivity index (χ4v) is 6.18. The summed E-state index contributed by atoms with van der Waals surface area (Å²) < 4.78 is 8.45. The summed E-state index contributed by atoms with van der Waals surface area (Å²) in [5, 5.41) is 2.24. The Balaban J connectivity index is 1.36. The third-order valence-corrected chi connectivity index (χ3v) is 8.11. The molecule has 6 heteroatoms. The van der Waals surface area contributed by atoms with Gasteiger partial charge in [0.25, 0.3) is 0 Å². The van der Waals surface area contributed by atoms with E-state index in [1.165, 1.54) is 9.40 Å². The van der Waals surface area contributed by atoms with Crippen molar-refractivity contribution in [1.29, 1.82) is 0 Å². The van der Waals surface area contributed by atoms with Crippen LogP contribution in [0.5, 0.6) is 0 Å². The van der Waals surface area contributed by atoms with Crippen LogP contribution in [0.2, 0.25) is 0 Å². The molecule has 0 spiro atoms. The van der Waals surface area contributed by atoms with E-state index in [1.54, 1.807) is 11.3 Å². The van der Waals surface area contributed by atoms with Gasteiger partial charge in [-0.25, -0.2) is 19.9 Å². The van der Waals surface area contributed by atoms with E-state index in [0.717, 1.165) is 44.1 Å². The van der Waals surface area contributed by atoms with Crippen LogP contribution in [0.1, 0.15) is 0 Å². The van der Waals surface area contributed by atoms with Gasteiger partial charge in [-0.2, -0.15) is 0 Å². The van der Waals surface area contributed by atoms with Gasteiger partial charge in [0.05, 0.1) is 0 Å². The highest BCUT2D eigenvalue weighted by Crippen LogP contribution is 2.41. The number of nitrogens with zero attached hydrogens (tertiary/aromatic N) is 4. The van der Waals surface area contributed by atoms with E-state index in [4.69, 9.17) is 24.4 Å². The fraction of sp³-hybridized carbons (Fsp3) is 0. The van der Waals surface area contributed by atoms with E-state index < -0.39 is 0 Å². The Hall–Kier alpha value is -5.20. The van der Waals surface area contributed by atoms with E-state index in [9.17, 15) is 0 Å². The van der Waals surface area contributed by atoms with Crippen LogP contribution in [-0.4, -0.2) is 19.9 Å². The minimum atomic E-state index is 0.609. The van der Waals surface area contributed by atoms with E-state index in [0.29, 0.717) is 23.4 Å². The van der Waals surface area contributed by atoms with Gasteiger partial charge in [0, 0.05) is 42.4 Å². The number of rotatable bonds is 4. The molecule has 5 nitrogen and oxygen atoms in total. The SMILES string of the molecule is c1ccc(-c2nc(-c3ccccc3)nc(-c3cccc4sc5ccc(-c6nc7ccccc7o6)cc5c34)n2)cc1. The zero-order valence-corrected chi connectivity index (χ0v) is 22.0. The molecule has 3 heterocycles. The molecule has 0 atom stereocenters. The summed E-state index contributed by atoms with van der Waals surface area (Å²) in [5.41, 5.74) is 5.42. The van der Waals surface area contributed by atoms with Crippen LogP contribution < -0.4 is 0 Å². The second kappa shape index (κ2) is 9.22. The van der Waals surface area contributed by atoms with Crippen LogP contribution in [0.25, 0.3) is 76.9 Å². The first-order chi connectivity index (χ1) is 19.8. The number of fused-ring (bicyclic) bond motifs is 4. The third-order valence-electron chi connectivity index (χ3n) is 6.98. The molecule has 0 saturated carbocycles. The zero-order chi connectivity index (χ0) is 26.5. The number of thiophene rings is 1. The predicted octanol–water partition coefficient (Wildman–Crippen LogP) is 9.05. The molecule has 8 aromatic rings. The van der Waals surface area contributed by atoms with Crippen molar-refractivity contribution >= 4 is 42.6 Å². The molecule has 40 heavy (non-hydrogen) atoms. The molecule has 0 aliphatic rings. The van der Waals surface area contributed by atoms with Crippen molar-refractivity contribution in [2.45, 2.75) is 0 Å². The minimum absolute atomic E-state index is 0.609. The predicted molar refractivity (Wildman–Crippen MR) is 162 cm³/mol. The molecule has 0 aliphatic heterocycles. The number of benzene rings is 5. The Morgan fingerprint density at radius 1 is 0.500 bits per heavy atom. The number of hydrogen-bond donors (Lipinski definition) is 0. The molecule has 8 rings (SSSR count).